The molecule has 0 fully saturated rings. The summed E-state index contributed by atoms with van der Waals surface area (Å²) in [5.74, 6) is -0.443. The van der Waals surface area contributed by atoms with Crippen molar-refractivity contribution in [3.8, 4) is 5.75 Å². The van der Waals surface area contributed by atoms with Gasteiger partial charge in [0.25, 0.3) is 0 Å². The zero-order chi connectivity index (χ0) is 21.2. The molecule has 0 saturated heterocycles. The molecule has 0 heterocycles. The quantitative estimate of drug-likeness (QED) is 0.399. The predicted molar refractivity (Wildman–Crippen MR) is 105 cm³/mol. The summed E-state index contributed by atoms with van der Waals surface area (Å²) >= 11 is 0. The molecule has 0 aliphatic rings. The smallest absolute Gasteiger partial charge is 0.328 e. The molecule has 28 heavy (non-hydrogen) atoms. The fraction of sp³-hybridized carbons (Fsp3) is 0.579. The normalized spacial score (nSPS) is 12.5. The van der Waals surface area contributed by atoms with Crippen molar-refractivity contribution in [1.82, 2.24) is 10.0 Å². The maximum atomic E-state index is 12.3. The average Bonchev–Trinajstić information content (AvgIpc) is 2.65. The van der Waals surface area contributed by atoms with Crippen LogP contribution in [0.4, 0.5) is 0 Å². The van der Waals surface area contributed by atoms with Crippen LogP contribution in [-0.4, -0.2) is 46.6 Å². The van der Waals surface area contributed by atoms with Gasteiger partial charge in [-0.05, 0) is 43.0 Å². The number of nitrogens with one attached hydrogen (secondary N) is 2. The molecular formula is C19H30N2O6S. The maximum absolute atomic E-state index is 12.3. The Morgan fingerprint density at radius 3 is 2.32 bits per heavy atom. The molecule has 0 aromatic heterocycles. The van der Waals surface area contributed by atoms with Crippen LogP contribution in [0.2, 0.25) is 0 Å². The molecule has 1 unspecified atom stereocenters. The lowest BCUT2D eigenvalue weighted by Gasteiger charge is -2.18. The second-order valence-electron chi connectivity index (χ2n) is 6.77. The fourth-order valence-electron chi connectivity index (χ4n) is 2.37. The Balaban J connectivity index is 2.63. The number of unbranched alkanes of at least 4 members (excludes halogenated alkanes) is 1. The number of rotatable bonds is 12. The van der Waals surface area contributed by atoms with Gasteiger partial charge in [0, 0.05) is 0 Å². The Morgan fingerprint density at radius 1 is 1.14 bits per heavy atom. The molecule has 9 heteroatoms. The van der Waals surface area contributed by atoms with Gasteiger partial charge in [0.15, 0.2) is 0 Å². The van der Waals surface area contributed by atoms with E-state index in [1.165, 1.54) is 19.2 Å². The second-order valence-corrected chi connectivity index (χ2v) is 8.54. The van der Waals surface area contributed by atoms with Gasteiger partial charge in [-0.2, -0.15) is 0 Å². The van der Waals surface area contributed by atoms with Crippen LogP contribution in [-0.2, 0) is 24.3 Å². The fourth-order valence-corrected chi connectivity index (χ4v) is 3.35. The van der Waals surface area contributed by atoms with E-state index in [1.54, 1.807) is 12.1 Å². The van der Waals surface area contributed by atoms with E-state index in [-0.39, 0.29) is 10.8 Å². The second kappa shape index (κ2) is 11.7. The van der Waals surface area contributed by atoms with Crippen LogP contribution < -0.4 is 14.8 Å². The number of hydrogen-bond donors (Lipinski definition) is 2. The number of sulfonamides is 1. The molecule has 1 aromatic carbocycles. The molecule has 0 bridgehead atoms. The summed E-state index contributed by atoms with van der Waals surface area (Å²) in [6.45, 7) is 5.94. The van der Waals surface area contributed by atoms with E-state index in [4.69, 9.17) is 4.74 Å². The molecule has 0 spiro atoms. The number of carbonyl (C=O) groups excluding carboxylic acids is 2. The van der Waals surface area contributed by atoms with Crippen LogP contribution in [0.25, 0.3) is 0 Å². The summed E-state index contributed by atoms with van der Waals surface area (Å²) in [7, 11) is -2.63. The van der Waals surface area contributed by atoms with Crippen LogP contribution >= 0.6 is 0 Å². The van der Waals surface area contributed by atoms with Crippen LogP contribution in [0.3, 0.4) is 0 Å². The number of carbonyl (C=O) groups is 2. The number of methoxy groups -OCH3 is 1. The van der Waals surface area contributed by atoms with Crippen molar-refractivity contribution in [2.24, 2.45) is 5.92 Å². The van der Waals surface area contributed by atoms with Crippen molar-refractivity contribution in [3.63, 3.8) is 0 Å². The monoisotopic (exact) mass is 414 g/mol. The molecule has 0 radical (unpaired) electrons. The summed E-state index contributed by atoms with van der Waals surface area (Å²) in [6.07, 6.45) is 2.32. The predicted octanol–water partition coefficient (Wildman–Crippen LogP) is 1.85. The summed E-state index contributed by atoms with van der Waals surface area (Å²) in [4.78, 5) is 23.8. The first-order valence-electron chi connectivity index (χ1n) is 9.29. The number of amides is 1. The van der Waals surface area contributed by atoms with Gasteiger partial charge in [-0.1, -0.05) is 27.2 Å². The first kappa shape index (κ1) is 23.9. The van der Waals surface area contributed by atoms with E-state index >= 15 is 0 Å². The van der Waals surface area contributed by atoms with Crippen molar-refractivity contribution in [2.75, 3.05) is 20.3 Å². The van der Waals surface area contributed by atoms with Crippen molar-refractivity contribution in [2.45, 2.75) is 51.0 Å². The minimum Gasteiger partial charge on any atom is -0.494 e. The molecule has 1 amide bonds. The van der Waals surface area contributed by atoms with E-state index in [9.17, 15) is 18.0 Å². The lowest BCUT2D eigenvalue weighted by atomic mass is 10.0. The first-order valence-corrected chi connectivity index (χ1v) is 10.8. The summed E-state index contributed by atoms with van der Waals surface area (Å²) in [5.41, 5.74) is 0. The third-order valence-corrected chi connectivity index (χ3v) is 5.27. The van der Waals surface area contributed by atoms with Crippen molar-refractivity contribution in [3.05, 3.63) is 24.3 Å². The van der Waals surface area contributed by atoms with E-state index in [0.29, 0.717) is 18.8 Å². The largest absolute Gasteiger partial charge is 0.494 e. The van der Waals surface area contributed by atoms with Crippen molar-refractivity contribution < 1.29 is 27.5 Å². The zero-order valence-electron chi connectivity index (χ0n) is 16.9. The zero-order valence-corrected chi connectivity index (χ0v) is 17.7. The van der Waals surface area contributed by atoms with Gasteiger partial charge in [0.05, 0.1) is 25.2 Å². The molecule has 1 aromatic rings. The van der Waals surface area contributed by atoms with Gasteiger partial charge in [-0.25, -0.2) is 17.9 Å². The minimum atomic E-state index is -3.86. The number of esters is 1. The Kier molecular flexibility index (Phi) is 9.95. The van der Waals surface area contributed by atoms with E-state index < -0.39 is 34.5 Å². The highest BCUT2D eigenvalue weighted by Crippen LogP contribution is 2.16. The molecule has 1 atom stereocenters. The van der Waals surface area contributed by atoms with Gasteiger partial charge in [-0.15, -0.1) is 0 Å². The topological polar surface area (TPSA) is 111 Å². The Hall–Kier alpha value is -2.13. The Labute approximate surface area is 167 Å². The molecule has 158 valence electrons. The summed E-state index contributed by atoms with van der Waals surface area (Å²) in [5, 5.41) is 2.50. The maximum Gasteiger partial charge on any atom is 0.328 e. The summed E-state index contributed by atoms with van der Waals surface area (Å²) in [6, 6.07) is 5.15. The third-order valence-electron chi connectivity index (χ3n) is 3.85. The van der Waals surface area contributed by atoms with Crippen molar-refractivity contribution >= 4 is 21.9 Å². The minimum absolute atomic E-state index is 0.0230. The molecule has 0 aliphatic carbocycles. The molecule has 1 rings (SSSR count). The third kappa shape index (κ3) is 8.26. The van der Waals surface area contributed by atoms with Gasteiger partial charge in [-0.3, -0.25) is 4.79 Å². The lowest BCUT2D eigenvalue weighted by Crippen LogP contribution is -2.46. The highest BCUT2D eigenvalue weighted by molar-refractivity contribution is 7.89. The summed E-state index contributed by atoms with van der Waals surface area (Å²) < 4.78 is 37.1. The standard InChI is InChI=1S/C19H30N2O6S/c1-5-6-11-27-15-7-9-16(10-8-15)28(24,25)20-13-18(22)21-17(12-14(2)3)19(23)26-4/h7-10,14,17,20H,5-6,11-13H2,1-4H3,(H,21,22). The van der Waals surface area contributed by atoms with Gasteiger partial charge >= 0.3 is 5.97 Å². The van der Waals surface area contributed by atoms with Gasteiger partial charge < -0.3 is 14.8 Å². The van der Waals surface area contributed by atoms with Crippen LogP contribution in [0, 0.1) is 5.92 Å². The van der Waals surface area contributed by atoms with Crippen LogP contribution in [0.5, 0.6) is 5.75 Å². The number of benzene rings is 1. The highest BCUT2D eigenvalue weighted by Gasteiger charge is 2.23. The first-order chi connectivity index (χ1) is 13.2. The number of hydrogen-bond acceptors (Lipinski definition) is 6. The van der Waals surface area contributed by atoms with Crippen LogP contribution in [0.1, 0.15) is 40.0 Å². The highest BCUT2D eigenvalue weighted by atomic mass is 32.2. The van der Waals surface area contributed by atoms with E-state index in [2.05, 4.69) is 21.7 Å². The molecular weight excluding hydrogens is 384 g/mol. The Morgan fingerprint density at radius 2 is 1.79 bits per heavy atom. The molecule has 2 N–H and O–H groups in total. The molecule has 0 aliphatic heterocycles. The van der Waals surface area contributed by atoms with E-state index in [0.717, 1.165) is 12.8 Å². The Bertz CT molecular complexity index is 731. The van der Waals surface area contributed by atoms with Gasteiger partial charge in [0.2, 0.25) is 15.9 Å². The molecule has 8 nitrogen and oxygen atoms in total. The van der Waals surface area contributed by atoms with Gasteiger partial charge in [0.1, 0.15) is 11.8 Å². The van der Waals surface area contributed by atoms with Crippen molar-refractivity contribution in [1.29, 1.82) is 0 Å². The van der Waals surface area contributed by atoms with Crippen LogP contribution in [0.15, 0.2) is 29.2 Å². The average molecular weight is 415 g/mol. The number of ether oxygens (including phenoxy) is 2. The lowest BCUT2D eigenvalue weighted by molar-refractivity contribution is -0.145. The van der Waals surface area contributed by atoms with E-state index in [1.807, 2.05) is 13.8 Å². The molecule has 0 saturated carbocycles. The SMILES string of the molecule is CCCCOc1ccc(S(=O)(=O)NCC(=O)NC(CC(C)C)C(=O)OC)cc1.